The van der Waals surface area contributed by atoms with Gasteiger partial charge in [0.05, 0.1) is 24.0 Å². The van der Waals surface area contributed by atoms with Gasteiger partial charge in [-0.1, -0.05) is 43.0 Å². The third-order valence-electron chi connectivity index (χ3n) is 5.36. The molecule has 2 aliphatic heterocycles. The van der Waals surface area contributed by atoms with Crippen LogP contribution in [0.5, 0.6) is 11.5 Å². The summed E-state index contributed by atoms with van der Waals surface area (Å²) in [5, 5.41) is 7.28. The number of anilines is 2. The van der Waals surface area contributed by atoms with Crippen molar-refractivity contribution in [3.8, 4) is 22.6 Å². The Bertz CT molecular complexity index is 1020. The van der Waals surface area contributed by atoms with Crippen LogP contribution in [0.4, 0.5) is 11.4 Å². The molecule has 0 aliphatic carbocycles. The SMILES string of the molecule is C=C(/C=C\C=C/C)C1Oc2cccc(OC)c2-c2ccc3c(c21)NCC(C)(C)N3. The predicted octanol–water partition coefficient (Wildman–Crippen LogP) is 6.10. The monoisotopic (exact) mass is 388 g/mol. The zero-order valence-corrected chi connectivity index (χ0v) is 17.5. The standard InChI is InChI=1S/C25H28N2O2/c1-6-7-8-10-16(2)24-22-17(21-19(28-5)11-9-12-20(21)29-24)13-14-18-23(22)26-15-25(3,4)27-18/h6-14,24,26-27H,2,15H2,1,3-5H3/b7-6-,10-8-. The number of fused-ring (bicyclic) bond motifs is 5. The molecule has 4 rings (SSSR count). The van der Waals surface area contributed by atoms with Gasteiger partial charge in [0.15, 0.2) is 6.10 Å². The molecule has 2 aromatic rings. The van der Waals surface area contributed by atoms with Crippen LogP contribution in [0.15, 0.2) is 66.8 Å². The molecule has 4 heteroatoms. The summed E-state index contributed by atoms with van der Waals surface area (Å²) in [6.07, 6.45) is 7.72. The lowest BCUT2D eigenvalue weighted by Gasteiger charge is -2.39. The molecule has 1 atom stereocenters. The molecule has 0 saturated heterocycles. The van der Waals surface area contributed by atoms with Crippen LogP contribution < -0.4 is 20.1 Å². The Balaban J connectivity index is 1.91. The van der Waals surface area contributed by atoms with Crippen LogP contribution in [0.2, 0.25) is 0 Å². The molecule has 2 aromatic carbocycles. The zero-order valence-electron chi connectivity index (χ0n) is 17.5. The number of hydrogen-bond acceptors (Lipinski definition) is 4. The van der Waals surface area contributed by atoms with Gasteiger partial charge in [0.2, 0.25) is 0 Å². The Hall–Kier alpha value is -3.14. The van der Waals surface area contributed by atoms with Crippen molar-refractivity contribution in [2.45, 2.75) is 32.4 Å². The maximum atomic E-state index is 6.49. The second-order valence-electron chi connectivity index (χ2n) is 8.10. The van der Waals surface area contributed by atoms with Crippen LogP contribution in [0, 0.1) is 0 Å². The lowest BCUT2D eigenvalue weighted by molar-refractivity contribution is 0.242. The van der Waals surface area contributed by atoms with Gasteiger partial charge in [-0.15, -0.1) is 0 Å². The fraction of sp³-hybridized carbons (Fsp3) is 0.280. The highest BCUT2D eigenvalue weighted by molar-refractivity contribution is 5.90. The summed E-state index contributed by atoms with van der Waals surface area (Å²) in [6.45, 7) is 11.5. The fourth-order valence-electron chi connectivity index (χ4n) is 3.99. The highest BCUT2D eigenvalue weighted by atomic mass is 16.5. The van der Waals surface area contributed by atoms with Gasteiger partial charge in [0, 0.05) is 17.6 Å². The van der Waals surface area contributed by atoms with E-state index < -0.39 is 0 Å². The smallest absolute Gasteiger partial charge is 0.151 e. The molecule has 150 valence electrons. The molecule has 0 saturated carbocycles. The molecular weight excluding hydrogens is 360 g/mol. The Kier molecular flexibility index (Phi) is 4.87. The van der Waals surface area contributed by atoms with Gasteiger partial charge in [-0.2, -0.15) is 0 Å². The van der Waals surface area contributed by atoms with Crippen molar-refractivity contribution in [3.63, 3.8) is 0 Å². The fourth-order valence-corrected chi connectivity index (χ4v) is 3.99. The lowest BCUT2D eigenvalue weighted by Crippen LogP contribution is -2.42. The van der Waals surface area contributed by atoms with Gasteiger partial charge in [-0.3, -0.25) is 0 Å². The van der Waals surface area contributed by atoms with Gasteiger partial charge in [0.25, 0.3) is 0 Å². The van der Waals surface area contributed by atoms with Gasteiger partial charge in [-0.25, -0.2) is 0 Å². The van der Waals surface area contributed by atoms with Crippen LogP contribution in [0.1, 0.15) is 32.4 Å². The largest absolute Gasteiger partial charge is 0.496 e. The quantitative estimate of drug-likeness (QED) is 0.621. The van der Waals surface area contributed by atoms with E-state index in [4.69, 9.17) is 9.47 Å². The maximum Gasteiger partial charge on any atom is 0.151 e. The van der Waals surface area contributed by atoms with E-state index in [9.17, 15) is 0 Å². The van der Waals surface area contributed by atoms with E-state index >= 15 is 0 Å². The minimum Gasteiger partial charge on any atom is -0.496 e. The van der Waals surface area contributed by atoms with E-state index in [0.717, 1.165) is 51.7 Å². The molecule has 0 amide bonds. The second kappa shape index (κ2) is 7.36. The minimum atomic E-state index is -0.281. The molecule has 1 unspecified atom stereocenters. The van der Waals surface area contributed by atoms with Crippen LogP contribution >= 0.6 is 0 Å². The van der Waals surface area contributed by atoms with Crippen LogP contribution in [0.3, 0.4) is 0 Å². The van der Waals surface area contributed by atoms with Crippen molar-refractivity contribution in [2.75, 3.05) is 24.3 Å². The summed E-state index contributed by atoms with van der Waals surface area (Å²) in [6, 6.07) is 10.2. The van der Waals surface area contributed by atoms with Gasteiger partial charge in [0.1, 0.15) is 11.5 Å². The Labute approximate surface area is 172 Å². The molecule has 0 spiro atoms. The minimum absolute atomic E-state index is 0.0231. The Morgan fingerprint density at radius 3 is 2.83 bits per heavy atom. The van der Waals surface area contributed by atoms with Crippen molar-refractivity contribution in [3.05, 3.63) is 72.4 Å². The topological polar surface area (TPSA) is 42.5 Å². The van der Waals surface area contributed by atoms with Crippen molar-refractivity contribution in [2.24, 2.45) is 0 Å². The molecule has 2 heterocycles. The summed E-state index contributed by atoms with van der Waals surface area (Å²) in [5.74, 6) is 1.62. The first-order valence-electron chi connectivity index (χ1n) is 9.96. The van der Waals surface area contributed by atoms with Gasteiger partial charge < -0.3 is 20.1 Å². The number of methoxy groups -OCH3 is 1. The molecule has 0 aromatic heterocycles. The highest BCUT2D eigenvalue weighted by Gasteiger charge is 2.35. The predicted molar refractivity (Wildman–Crippen MR) is 121 cm³/mol. The number of ether oxygens (including phenoxy) is 2. The molecule has 29 heavy (non-hydrogen) atoms. The molecule has 2 aliphatic rings. The van der Waals surface area contributed by atoms with Gasteiger partial charge >= 0.3 is 0 Å². The van der Waals surface area contributed by atoms with Crippen molar-refractivity contribution in [1.82, 2.24) is 0 Å². The molecular formula is C25H28N2O2. The molecule has 0 radical (unpaired) electrons. The summed E-state index contributed by atoms with van der Waals surface area (Å²) < 4.78 is 12.1. The first-order valence-corrected chi connectivity index (χ1v) is 9.96. The molecule has 2 N–H and O–H groups in total. The first kappa shape index (κ1) is 19.2. The van der Waals surface area contributed by atoms with E-state index in [-0.39, 0.29) is 11.6 Å². The van der Waals surface area contributed by atoms with E-state index in [1.165, 1.54) is 0 Å². The molecule has 0 bridgehead atoms. The van der Waals surface area contributed by atoms with E-state index in [1.54, 1.807) is 7.11 Å². The van der Waals surface area contributed by atoms with Crippen molar-refractivity contribution >= 4 is 11.4 Å². The highest BCUT2D eigenvalue weighted by Crippen LogP contribution is 2.53. The summed E-state index contributed by atoms with van der Waals surface area (Å²) in [4.78, 5) is 0. The van der Waals surface area contributed by atoms with Crippen LogP contribution in [-0.2, 0) is 0 Å². The molecule has 4 nitrogen and oxygen atoms in total. The van der Waals surface area contributed by atoms with Crippen LogP contribution in [-0.4, -0.2) is 19.2 Å². The Morgan fingerprint density at radius 2 is 2.07 bits per heavy atom. The van der Waals surface area contributed by atoms with E-state index in [2.05, 4.69) is 43.2 Å². The average Bonchev–Trinajstić information content (AvgIpc) is 2.71. The Morgan fingerprint density at radius 1 is 1.24 bits per heavy atom. The zero-order chi connectivity index (χ0) is 20.6. The number of nitrogens with one attached hydrogen (secondary N) is 2. The van der Waals surface area contributed by atoms with Crippen molar-refractivity contribution in [1.29, 1.82) is 0 Å². The third-order valence-corrected chi connectivity index (χ3v) is 5.36. The number of allylic oxidation sites excluding steroid dienone is 3. The maximum absolute atomic E-state index is 6.49. The van der Waals surface area contributed by atoms with Crippen LogP contribution in [0.25, 0.3) is 11.1 Å². The summed E-state index contributed by atoms with van der Waals surface area (Å²) in [5.41, 5.74) is 6.23. The lowest BCUT2D eigenvalue weighted by atomic mass is 9.86. The number of benzene rings is 2. The number of rotatable bonds is 4. The first-order chi connectivity index (χ1) is 13.9. The number of hydrogen-bond donors (Lipinski definition) is 2. The van der Waals surface area contributed by atoms with E-state index in [1.807, 2.05) is 49.4 Å². The summed E-state index contributed by atoms with van der Waals surface area (Å²) in [7, 11) is 1.70. The van der Waals surface area contributed by atoms with E-state index in [0.29, 0.717) is 0 Å². The van der Waals surface area contributed by atoms with Crippen molar-refractivity contribution < 1.29 is 9.47 Å². The third kappa shape index (κ3) is 3.39. The molecule has 0 fully saturated rings. The average molecular weight is 389 g/mol. The summed E-state index contributed by atoms with van der Waals surface area (Å²) >= 11 is 0. The normalized spacial score (nSPS) is 18.8. The van der Waals surface area contributed by atoms with Gasteiger partial charge in [-0.05, 0) is 50.1 Å². The second-order valence-corrected chi connectivity index (χ2v) is 8.10.